The lowest BCUT2D eigenvalue weighted by molar-refractivity contribution is 0.237. The fraction of sp³-hybridized carbons (Fsp3) is 0.643. The molecule has 1 aromatic rings. The van der Waals surface area contributed by atoms with Crippen molar-refractivity contribution in [3.63, 3.8) is 0 Å². The molecule has 3 nitrogen and oxygen atoms in total. The van der Waals surface area contributed by atoms with E-state index in [9.17, 15) is 0 Å². The van der Waals surface area contributed by atoms with Gasteiger partial charge in [-0.1, -0.05) is 19.9 Å². The monoisotopic (exact) mass is 235 g/mol. The van der Waals surface area contributed by atoms with Crippen LogP contribution < -0.4 is 5.32 Å². The molecule has 0 bridgehead atoms. The van der Waals surface area contributed by atoms with E-state index in [1.165, 1.54) is 0 Å². The summed E-state index contributed by atoms with van der Waals surface area (Å²) in [6, 6.07) is 7.25. The van der Waals surface area contributed by atoms with Gasteiger partial charge in [-0.2, -0.15) is 0 Å². The second-order valence-corrected chi connectivity index (χ2v) is 5.10. The topological polar surface area (TPSA) is 28.2 Å². The number of nitrogens with one attached hydrogen (secondary N) is 1. The lowest BCUT2D eigenvalue weighted by Crippen LogP contribution is -2.39. The molecule has 0 radical (unpaired) electrons. The molecule has 1 rings (SSSR count). The van der Waals surface area contributed by atoms with E-state index < -0.39 is 0 Å². The molecule has 0 saturated heterocycles. The van der Waals surface area contributed by atoms with Gasteiger partial charge in [-0.05, 0) is 33.0 Å². The van der Waals surface area contributed by atoms with E-state index in [1.807, 2.05) is 13.0 Å². The lowest BCUT2D eigenvalue weighted by atomic mass is 10.2. The summed E-state index contributed by atoms with van der Waals surface area (Å²) >= 11 is 0. The summed E-state index contributed by atoms with van der Waals surface area (Å²) in [6.07, 6.45) is 0. The van der Waals surface area contributed by atoms with Crippen LogP contribution >= 0.6 is 0 Å². The maximum atomic E-state index is 4.53. The van der Waals surface area contributed by atoms with E-state index in [-0.39, 0.29) is 0 Å². The Hall–Kier alpha value is -0.930. The Morgan fingerprint density at radius 2 is 2.00 bits per heavy atom. The smallest absolute Gasteiger partial charge is 0.0547 e. The standard InChI is InChI=1S/C14H25N3/c1-11(2)15-9-13(4)17(5)10-14-8-6-7-12(3)16-14/h6-8,11,13,15H,9-10H2,1-5H3. The molecule has 1 atom stereocenters. The molecular weight excluding hydrogens is 210 g/mol. The van der Waals surface area contributed by atoms with Crippen molar-refractivity contribution in [2.75, 3.05) is 13.6 Å². The van der Waals surface area contributed by atoms with Crippen LogP contribution in [0.2, 0.25) is 0 Å². The Bertz CT molecular complexity index is 336. The summed E-state index contributed by atoms with van der Waals surface area (Å²) in [4.78, 5) is 6.86. The van der Waals surface area contributed by atoms with E-state index in [0.29, 0.717) is 12.1 Å². The van der Waals surface area contributed by atoms with Gasteiger partial charge in [0.1, 0.15) is 0 Å². The lowest BCUT2D eigenvalue weighted by Gasteiger charge is -2.25. The molecule has 1 heterocycles. The highest BCUT2D eigenvalue weighted by atomic mass is 15.1. The Morgan fingerprint density at radius 1 is 1.29 bits per heavy atom. The Balaban J connectivity index is 2.45. The van der Waals surface area contributed by atoms with Gasteiger partial charge < -0.3 is 5.32 Å². The fourth-order valence-electron chi connectivity index (χ4n) is 1.66. The highest BCUT2D eigenvalue weighted by molar-refractivity contribution is 5.09. The molecule has 96 valence electrons. The first-order valence-electron chi connectivity index (χ1n) is 6.35. The molecular formula is C14H25N3. The number of pyridine rings is 1. The van der Waals surface area contributed by atoms with E-state index in [1.54, 1.807) is 0 Å². The van der Waals surface area contributed by atoms with E-state index in [2.05, 4.69) is 55.2 Å². The van der Waals surface area contributed by atoms with Crippen LogP contribution in [0.5, 0.6) is 0 Å². The highest BCUT2D eigenvalue weighted by Gasteiger charge is 2.10. The third-order valence-corrected chi connectivity index (χ3v) is 2.93. The number of aryl methyl sites for hydroxylation is 1. The average molecular weight is 235 g/mol. The van der Waals surface area contributed by atoms with Crippen LogP contribution in [0.25, 0.3) is 0 Å². The predicted octanol–water partition coefficient (Wildman–Crippen LogP) is 2.21. The summed E-state index contributed by atoms with van der Waals surface area (Å²) in [5.74, 6) is 0. The molecule has 0 fully saturated rings. The van der Waals surface area contributed by atoms with Gasteiger partial charge in [0.05, 0.1) is 5.69 Å². The summed E-state index contributed by atoms with van der Waals surface area (Å²) in [5.41, 5.74) is 2.23. The summed E-state index contributed by atoms with van der Waals surface area (Å²) in [5, 5.41) is 3.46. The third-order valence-electron chi connectivity index (χ3n) is 2.93. The predicted molar refractivity (Wildman–Crippen MR) is 73.0 cm³/mol. The van der Waals surface area contributed by atoms with Crippen LogP contribution in [0.3, 0.4) is 0 Å². The number of nitrogens with zero attached hydrogens (tertiary/aromatic N) is 2. The van der Waals surface area contributed by atoms with Gasteiger partial charge in [-0.3, -0.25) is 9.88 Å². The fourth-order valence-corrected chi connectivity index (χ4v) is 1.66. The first kappa shape index (κ1) is 14.1. The largest absolute Gasteiger partial charge is 0.313 e. The number of rotatable bonds is 6. The summed E-state index contributed by atoms with van der Waals surface area (Å²) in [7, 11) is 2.15. The van der Waals surface area contributed by atoms with Gasteiger partial charge in [0.2, 0.25) is 0 Å². The molecule has 0 aliphatic rings. The van der Waals surface area contributed by atoms with Gasteiger partial charge >= 0.3 is 0 Å². The zero-order valence-corrected chi connectivity index (χ0v) is 11.7. The molecule has 1 N–H and O–H groups in total. The van der Waals surface area contributed by atoms with Crippen LogP contribution in [-0.2, 0) is 6.54 Å². The SMILES string of the molecule is Cc1cccc(CN(C)C(C)CNC(C)C)n1. The van der Waals surface area contributed by atoms with Gasteiger partial charge in [0, 0.05) is 30.9 Å². The molecule has 0 amide bonds. The van der Waals surface area contributed by atoms with Crippen molar-refractivity contribution in [1.82, 2.24) is 15.2 Å². The number of hydrogen-bond acceptors (Lipinski definition) is 3. The molecule has 1 unspecified atom stereocenters. The van der Waals surface area contributed by atoms with Crippen molar-refractivity contribution >= 4 is 0 Å². The van der Waals surface area contributed by atoms with E-state index >= 15 is 0 Å². The van der Waals surface area contributed by atoms with Crippen LogP contribution in [0, 0.1) is 6.92 Å². The van der Waals surface area contributed by atoms with Crippen LogP contribution in [0.15, 0.2) is 18.2 Å². The zero-order valence-electron chi connectivity index (χ0n) is 11.7. The molecule has 0 aliphatic heterocycles. The van der Waals surface area contributed by atoms with Gasteiger partial charge in [0.15, 0.2) is 0 Å². The minimum absolute atomic E-state index is 0.514. The molecule has 0 saturated carbocycles. The molecule has 0 aromatic carbocycles. The molecule has 0 aliphatic carbocycles. The minimum Gasteiger partial charge on any atom is -0.313 e. The van der Waals surface area contributed by atoms with Crippen molar-refractivity contribution in [2.24, 2.45) is 0 Å². The third kappa shape index (κ3) is 5.29. The average Bonchev–Trinajstić information content (AvgIpc) is 2.25. The van der Waals surface area contributed by atoms with E-state index in [4.69, 9.17) is 0 Å². The van der Waals surface area contributed by atoms with E-state index in [0.717, 1.165) is 24.5 Å². The van der Waals surface area contributed by atoms with Crippen LogP contribution in [0.1, 0.15) is 32.2 Å². The maximum absolute atomic E-state index is 4.53. The minimum atomic E-state index is 0.514. The molecule has 0 spiro atoms. The number of aromatic nitrogens is 1. The first-order valence-corrected chi connectivity index (χ1v) is 6.35. The van der Waals surface area contributed by atoms with Gasteiger partial charge in [0.25, 0.3) is 0 Å². The summed E-state index contributed by atoms with van der Waals surface area (Å²) < 4.78 is 0. The van der Waals surface area contributed by atoms with Crippen molar-refractivity contribution in [3.05, 3.63) is 29.6 Å². The molecule has 17 heavy (non-hydrogen) atoms. The van der Waals surface area contributed by atoms with Crippen molar-refractivity contribution in [2.45, 2.75) is 46.3 Å². The maximum Gasteiger partial charge on any atom is 0.0547 e. The Morgan fingerprint density at radius 3 is 2.59 bits per heavy atom. The highest BCUT2D eigenvalue weighted by Crippen LogP contribution is 2.04. The summed E-state index contributed by atoms with van der Waals surface area (Å²) in [6.45, 7) is 10.5. The normalized spacial score (nSPS) is 13.4. The van der Waals surface area contributed by atoms with Gasteiger partial charge in [-0.25, -0.2) is 0 Å². The van der Waals surface area contributed by atoms with Crippen molar-refractivity contribution < 1.29 is 0 Å². The second kappa shape index (κ2) is 6.72. The molecule has 3 heteroatoms. The molecule has 1 aromatic heterocycles. The Labute approximate surface area is 105 Å². The Kier molecular flexibility index (Phi) is 5.59. The quantitative estimate of drug-likeness (QED) is 0.819. The zero-order chi connectivity index (χ0) is 12.8. The van der Waals surface area contributed by atoms with Crippen LogP contribution in [-0.4, -0.2) is 35.6 Å². The number of hydrogen-bond donors (Lipinski definition) is 1. The number of likely N-dealkylation sites (N-methyl/N-ethyl adjacent to an activating group) is 1. The first-order chi connectivity index (χ1) is 7.99. The van der Waals surface area contributed by atoms with Crippen molar-refractivity contribution in [1.29, 1.82) is 0 Å². The van der Waals surface area contributed by atoms with Crippen molar-refractivity contribution in [3.8, 4) is 0 Å². The second-order valence-electron chi connectivity index (χ2n) is 5.10. The van der Waals surface area contributed by atoms with Gasteiger partial charge in [-0.15, -0.1) is 0 Å². The van der Waals surface area contributed by atoms with Crippen LogP contribution in [0.4, 0.5) is 0 Å².